The van der Waals surface area contributed by atoms with Gasteiger partial charge in [0.15, 0.2) is 17.5 Å². The van der Waals surface area contributed by atoms with Crippen LogP contribution in [-0.4, -0.2) is 13.0 Å². The van der Waals surface area contributed by atoms with Crippen LogP contribution in [0.5, 0.6) is 5.75 Å². The fourth-order valence-corrected chi connectivity index (χ4v) is 4.75. The number of hydrogen-bond donors (Lipinski definition) is 0. The van der Waals surface area contributed by atoms with Crippen LogP contribution in [0.3, 0.4) is 0 Å². The smallest absolute Gasteiger partial charge is 0.399 e. The number of unbranched alkanes of at least 4 members (excludes halogenated alkanes) is 1. The average Bonchev–Trinajstić information content (AvgIpc) is 2.92. The Balaban J connectivity index is 1.45. The van der Waals surface area contributed by atoms with Crippen LogP contribution in [0.25, 0.3) is 17.0 Å². The van der Waals surface area contributed by atoms with E-state index >= 15 is 4.39 Å². The third-order valence-electron chi connectivity index (χ3n) is 6.85. The second kappa shape index (κ2) is 12.6. The standard InChI is InChI=1S/C30H25F9O2/c1-2-3-4-22(31)28(36)17-6-9-20(24(33)12-17)16-5-8-21(23(32)11-16)18-7-10-27(40-15-18)19-13-25(34)29(26(35)14-19)41-30(37,38)39/h5-6,8-9,11-14,18,27H,2-4,7,10,15H2,1H3/b28-22+. The molecule has 3 aromatic rings. The molecule has 1 saturated heterocycles. The van der Waals surface area contributed by atoms with E-state index in [4.69, 9.17) is 4.74 Å². The van der Waals surface area contributed by atoms with E-state index in [1.165, 1.54) is 24.3 Å². The third-order valence-corrected chi connectivity index (χ3v) is 6.85. The molecule has 2 atom stereocenters. The maximum absolute atomic E-state index is 15.1. The van der Waals surface area contributed by atoms with E-state index in [1.807, 2.05) is 6.92 Å². The first-order chi connectivity index (χ1) is 19.4. The van der Waals surface area contributed by atoms with E-state index in [2.05, 4.69) is 4.74 Å². The molecular weight excluding hydrogens is 563 g/mol. The molecule has 11 heteroatoms. The highest BCUT2D eigenvalue weighted by atomic mass is 19.4. The number of rotatable bonds is 8. The van der Waals surface area contributed by atoms with Gasteiger partial charge in [-0.1, -0.05) is 37.6 Å². The number of alkyl halides is 3. The van der Waals surface area contributed by atoms with Gasteiger partial charge in [-0.2, -0.15) is 0 Å². The molecule has 0 spiro atoms. The Morgan fingerprint density at radius 2 is 1.59 bits per heavy atom. The number of allylic oxidation sites excluding steroid dienone is 1. The molecule has 0 aromatic heterocycles. The fraction of sp³-hybridized carbons (Fsp3) is 0.333. The van der Waals surface area contributed by atoms with Crippen molar-refractivity contribution in [3.05, 3.63) is 94.3 Å². The van der Waals surface area contributed by atoms with E-state index in [1.54, 1.807) is 0 Å². The molecule has 0 aliphatic carbocycles. The first kappa shape index (κ1) is 30.5. The van der Waals surface area contributed by atoms with E-state index in [0.29, 0.717) is 31.4 Å². The molecular formula is C30H25F9O2. The highest BCUT2D eigenvalue weighted by Crippen LogP contribution is 2.40. The van der Waals surface area contributed by atoms with Crippen molar-refractivity contribution in [2.75, 3.05) is 6.61 Å². The molecule has 0 radical (unpaired) electrons. The fourth-order valence-electron chi connectivity index (χ4n) is 4.75. The van der Waals surface area contributed by atoms with Gasteiger partial charge in [0.1, 0.15) is 17.5 Å². The number of ether oxygens (including phenoxy) is 2. The van der Waals surface area contributed by atoms with E-state index in [-0.39, 0.29) is 47.3 Å². The summed E-state index contributed by atoms with van der Waals surface area (Å²) in [5, 5.41) is 0. The Kier molecular flexibility index (Phi) is 9.36. The van der Waals surface area contributed by atoms with Crippen molar-refractivity contribution in [1.29, 1.82) is 0 Å². The van der Waals surface area contributed by atoms with Crippen molar-refractivity contribution >= 4 is 5.83 Å². The minimum absolute atomic E-state index is 0.0112. The van der Waals surface area contributed by atoms with E-state index in [9.17, 15) is 35.1 Å². The van der Waals surface area contributed by atoms with Crippen LogP contribution >= 0.6 is 0 Å². The third kappa shape index (κ3) is 7.25. The van der Waals surface area contributed by atoms with Crippen molar-refractivity contribution in [2.24, 2.45) is 0 Å². The largest absolute Gasteiger partial charge is 0.573 e. The van der Waals surface area contributed by atoms with Crippen LogP contribution in [0.1, 0.15) is 67.7 Å². The van der Waals surface area contributed by atoms with Crippen LogP contribution in [-0.2, 0) is 4.74 Å². The molecule has 1 aliphatic heterocycles. The first-order valence-corrected chi connectivity index (χ1v) is 12.9. The summed E-state index contributed by atoms with van der Waals surface area (Å²) in [4.78, 5) is 0. The van der Waals surface area contributed by atoms with Gasteiger partial charge < -0.3 is 9.47 Å². The van der Waals surface area contributed by atoms with Crippen LogP contribution in [0.15, 0.2) is 54.4 Å². The summed E-state index contributed by atoms with van der Waals surface area (Å²) >= 11 is 0. The van der Waals surface area contributed by atoms with Gasteiger partial charge in [0.05, 0.1) is 12.7 Å². The zero-order chi connectivity index (χ0) is 29.9. The Hall–Kier alpha value is -3.47. The summed E-state index contributed by atoms with van der Waals surface area (Å²) in [7, 11) is 0. The van der Waals surface area contributed by atoms with Crippen LogP contribution < -0.4 is 4.74 Å². The molecule has 1 fully saturated rings. The van der Waals surface area contributed by atoms with Gasteiger partial charge in [0.2, 0.25) is 5.75 Å². The molecule has 41 heavy (non-hydrogen) atoms. The van der Waals surface area contributed by atoms with Crippen LogP contribution in [0.4, 0.5) is 39.5 Å². The summed E-state index contributed by atoms with van der Waals surface area (Å²) < 4.78 is 133. The minimum Gasteiger partial charge on any atom is -0.399 e. The molecule has 220 valence electrons. The molecule has 4 rings (SSSR count). The minimum atomic E-state index is -5.27. The summed E-state index contributed by atoms with van der Waals surface area (Å²) in [6, 6.07) is 8.73. The zero-order valence-corrected chi connectivity index (χ0v) is 21.7. The second-order valence-corrected chi connectivity index (χ2v) is 9.71. The molecule has 0 N–H and O–H groups in total. The zero-order valence-electron chi connectivity index (χ0n) is 21.7. The lowest BCUT2D eigenvalue weighted by Crippen LogP contribution is -2.21. The quantitative estimate of drug-likeness (QED) is 0.244. The van der Waals surface area contributed by atoms with Crippen molar-refractivity contribution < 1.29 is 49.0 Å². The predicted octanol–water partition coefficient (Wildman–Crippen LogP) is 10.2. The summed E-state index contributed by atoms with van der Waals surface area (Å²) in [5.74, 6) is -8.73. The van der Waals surface area contributed by atoms with Crippen molar-refractivity contribution in [3.63, 3.8) is 0 Å². The Morgan fingerprint density at radius 3 is 2.15 bits per heavy atom. The van der Waals surface area contributed by atoms with Crippen molar-refractivity contribution in [3.8, 4) is 16.9 Å². The SMILES string of the molecule is CCCC/C(F)=C(\F)c1ccc(-c2ccc(C3CCC(c4cc(F)c(OC(F)(F)F)c(F)c4)OC3)c(F)c2)c(F)c1. The van der Waals surface area contributed by atoms with Gasteiger partial charge in [-0.05, 0) is 60.2 Å². The monoisotopic (exact) mass is 588 g/mol. The molecule has 1 heterocycles. The second-order valence-electron chi connectivity index (χ2n) is 9.71. The summed E-state index contributed by atoms with van der Waals surface area (Å²) in [5.41, 5.74) is 0.130. The topological polar surface area (TPSA) is 18.5 Å². The lowest BCUT2D eigenvalue weighted by molar-refractivity contribution is -0.276. The Labute approximate surface area is 230 Å². The molecule has 0 amide bonds. The lowest BCUT2D eigenvalue weighted by atomic mass is 9.88. The summed E-state index contributed by atoms with van der Waals surface area (Å²) in [6.07, 6.45) is -4.58. The van der Waals surface area contributed by atoms with Crippen LogP contribution in [0.2, 0.25) is 0 Å². The van der Waals surface area contributed by atoms with Gasteiger partial charge in [-0.25, -0.2) is 26.3 Å². The van der Waals surface area contributed by atoms with Gasteiger partial charge in [-0.3, -0.25) is 0 Å². The highest BCUT2D eigenvalue weighted by Gasteiger charge is 2.35. The molecule has 2 unspecified atom stereocenters. The summed E-state index contributed by atoms with van der Waals surface area (Å²) in [6.45, 7) is 1.78. The highest BCUT2D eigenvalue weighted by molar-refractivity contribution is 5.69. The number of halogens is 9. The molecule has 3 aromatic carbocycles. The Bertz CT molecular complexity index is 1400. The number of benzene rings is 3. The maximum Gasteiger partial charge on any atom is 0.573 e. The number of hydrogen-bond acceptors (Lipinski definition) is 2. The van der Waals surface area contributed by atoms with E-state index < -0.39 is 59.1 Å². The molecule has 1 aliphatic rings. The molecule has 0 bridgehead atoms. The maximum atomic E-state index is 15.1. The molecule has 0 saturated carbocycles. The van der Waals surface area contributed by atoms with Gasteiger partial charge in [0, 0.05) is 23.5 Å². The van der Waals surface area contributed by atoms with Crippen LogP contribution in [0, 0.1) is 23.3 Å². The van der Waals surface area contributed by atoms with Crippen molar-refractivity contribution in [2.45, 2.75) is 57.4 Å². The van der Waals surface area contributed by atoms with Gasteiger partial charge in [0.25, 0.3) is 0 Å². The van der Waals surface area contributed by atoms with Gasteiger partial charge in [-0.15, -0.1) is 13.2 Å². The molecule has 2 nitrogen and oxygen atoms in total. The Morgan fingerprint density at radius 1 is 0.878 bits per heavy atom. The van der Waals surface area contributed by atoms with Crippen molar-refractivity contribution in [1.82, 2.24) is 0 Å². The normalized spacial score (nSPS) is 18.3. The average molecular weight is 589 g/mol. The first-order valence-electron chi connectivity index (χ1n) is 12.9. The van der Waals surface area contributed by atoms with E-state index in [0.717, 1.165) is 12.1 Å². The lowest BCUT2D eigenvalue weighted by Gasteiger charge is -2.30. The predicted molar refractivity (Wildman–Crippen MR) is 134 cm³/mol. The van der Waals surface area contributed by atoms with Gasteiger partial charge >= 0.3 is 6.36 Å².